The van der Waals surface area contributed by atoms with Crippen LogP contribution in [0.15, 0.2) is 0 Å². The Morgan fingerprint density at radius 2 is 0.610 bits per heavy atom. The highest BCUT2D eigenvalue weighted by Gasteiger charge is 2.32. The lowest BCUT2D eigenvalue weighted by Gasteiger charge is -2.25. The van der Waals surface area contributed by atoms with Crippen molar-refractivity contribution in [2.24, 2.45) is 0 Å². The quantitative estimate of drug-likeness (QED) is 0.0701. The summed E-state index contributed by atoms with van der Waals surface area (Å²) < 4.78 is 0. The summed E-state index contributed by atoms with van der Waals surface area (Å²) in [5.41, 5.74) is 0. The number of nitrogens with one attached hydrogen (secondary N) is 7. The highest BCUT2D eigenvalue weighted by molar-refractivity contribution is 5.97. The lowest BCUT2D eigenvalue weighted by Crippen LogP contribution is -2.62. The molecule has 0 rings (SSSR count). The molecule has 0 spiro atoms. The first-order chi connectivity index (χ1) is 19.3. The highest BCUT2D eigenvalue weighted by atomic mass is 16.3. The van der Waals surface area contributed by atoms with Crippen molar-refractivity contribution >= 4 is 41.4 Å². The smallest absolute Gasteiger partial charge is 0.245 e. The SMILES string of the molecule is CNC(=O)[C@H](CO)NC(=O)[C@H](CO)NC(=O)[C@H](CO)NC(=O)[C@H](CO)NC(=O)[C@H](CO)NC(=O)[C@H](CO)NC(C)=O. The Labute approximate surface area is 233 Å². The van der Waals surface area contributed by atoms with Crippen molar-refractivity contribution in [1.82, 2.24) is 37.2 Å². The molecule has 0 aliphatic rings. The summed E-state index contributed by atoms with van der Waals surface area (Å²) in [6, 6.07) is -9.82. The molecule has 41 heavy (non-hydrogen) atoms. The molecule has 0 aromatic rings. The van der Waals surface area contributed by atoms with Crippen LogP contribution in [0.5, 0.6) is 0 Å². The lowest BCUT2D eigenvalue weighted by atomic mass is 10.1. The molecule has 20 nitrogen and oxygen atoms in total. The van der Waals surface area contributed by atoms with Gasteiger partial charge in [0, 0.05) is 14.0 Å². The van der Waals surface area contributed by atoms with Crippen LogP contribution in [0.3, 0.4) is 0 Å². The first-order valence-corrected chi connectivity index (χ1v) is 12.0. The Balaban J connectivity index is 5.32. The number of aliphatic hydroxyl groups is 6. The van der Waals surface area contributed by atoms with Crippen molar-refractivity contribution in [3.05, 3.63) is 0 Å². The number of carbonyl (C=O) groups is 7. The van der Waals surface area contributed by atoms with Crippen LogP contribution in [0.4, 0.5) is 0 Å². The van der Waals surface area contributed by atoms with Gasteiger partial charge in [-0.3, -0.25) is 33.6 Å². The molecule has 7 amide bonds. The van der Waals surface area contributed by atoms with Gasteiger partial charge in [-0.1, -0.05) is 0 Å². The monoisotopic (exact) mass is 595 g/mol. The second-order valence-electron chi connectivity index (χ2n) is 8.27. The number of rotatable bonds is 18. The van der Waals surface area contributed by atoms with Crippen molar-refractivity contribution in [2.75, 3.05) is 46.7 Å². The van der Waals surface area contributed by atoms with Crippen LogP contribution in [-0.2, 0) is 33.6 Å². The molecule has 0 aliphatic carbocycles. The van der Waals surface area contributed by atoms with Gasteiger partial charge in [-0.25, -0.2) is 0 Å². The van der Waals surface area contributed by atoms with Gasteiger partial charge in [0.15, 0.2) is 0 Å². The van der Waals surface area contributed by atoms with Gasteiger partial charge in [0.05, 0.1) is 39.6 Å². The summed E-state index contributed by atoms with van der Waals surface area (Å²) in [6.07, 6.45) is 0. The van der Waals surface area contributed by atoms with Gasteiger partial charge in [0.2, 0.25) is 41.4 Å². The van der Waals surface area contributed by atoms with Crippen LogP contribution in [0.1, 0.15) is 6.92 Å². The average molecular weight is 596 g/mol. The second-order valence-corrected chi connectivity index (χ2v) is 8.27. The summed E-state index contributed by atoms with van der Waals surface area (Å²) >= 11 is 0. The number of likely N-dealkylation sites (N-methyl/N-ethyl adjacent to an activating group) is 1. The van der Waals surface area contributed by atoms with Crippen molar-refractivity contribution in [2.45, 2.75) is 43.2 Å². The van der Waals surface area contributed by atoms with E-state index in [1.165, 1.54) is 7.05 Å². The summed E-state index contributed by atoms with van der Waals surface area (Å²) in [6.45, 7) is -4.68. The second kappa shape index (κ2) is 19.2. The van der Waals surface area contributed by atoms with Gasteiger partial charge in [-0.2, -0.15) is 0 Å². The van der Waals surface area contributed by atoms with Crippen molar-refractivity contribution in [3.63, 3.8) is 0 Å². The Hall–Kier alpha value is -3.95. The summed E-state index contributed by atoms with van der Waals surface area (Å²) in [4.78, 5) is 84.8. The maximum atomic E-state index is 12.6. The zero-order chi connectivity index (χ0) is 31.7. The first-order valence-electron chi connectivity index (χ1n) is 12.0. The molecule has 0 unspecified atom stereocenters. The minimum atomic E-state index is -1.78. The molecule has 6 atom stereocenters. The van der Waals surface area contributed by atoms with E-state index in [-0.39, 0.29) is 0 Å². The normalized spacial score (nSPS) is 15.0. The van der Waals surface area contributed by atoms with Gasteiger partial charge in [0.25, 0.3) is 0 Å². The molecule has 13 N–H and O–H groups in total. The third-order valence-corrected chi connectivity index (χ3v) is 5.20. The molecule has 0 heterocycles. The van der Waals surface area contributed by atoms with Crippen LogP contribution < -0.4 is 37.2 Å². The highest BCUT2D eigenvalue weighted by Crippen LogP contribution is 1.95. The molecule has 0 saturated carbocycles. The predicted molar refractivity (Wildman–Crippen MR) is 134 cm³/mol. The van der Waals surface area contributed by atoms with E-state index in [2.05, 4.69) is 16.0 Å². The molecule has 0 radical (unpaired) electrons. The molecule has 234 valence electrons. The molecule has 0 aromatic heterocycles. The molecule has 0 aliphatic heterocycles. The molecular formula is C21H37N7O13. The number of carbonyl (C=O) groups excluding carboxylic acids is 7. The third-order valence-electron chi connectivity index (χ3n) is 5.20. The lowest BCUT2D eigenvalue weighted by molar-refractivity contribution is -0.137. The van der Waals surface area contributed by atoms with E-state index in [0.717, 1.165) is 6.92 Å². The summed E-state index contributed by atoms with van der Waals surface area (Å²) in [5, 5.41) is 70.9. The summed E-state index contributed by atoms with van der Waals surface area (Å²) in [7, 11) is 1.24. The van der Waals surface area contributed by atoms with E-state index in [4.69, 9.17) is 0 Å². The zero-order valence-electron chi connectivity index (χ0n) is 22.2. The maximum Gasteiger partial charge on any atom is 0.245 e. The van der Waals surface area contributed by atoms with E-state index in [0.29, 0.717) is 0 Å². The third kappa shape index (κ3) is 12.4. The molecule has 20 heteroatoms. The fourth-order valence-corrected chi connectivity index (χ4v) is 2.95. The number of hydrogen-bond donors (Lipinski definition) is 13. The fourth-order valence-electron chi connectivity index (χ4n) is 2.95. The predicted octanol–water partition coefficient (Wildman–Crippen LogP) is -9.39. The van der Waals surface area contributed by atoms with Crippen molar-refractivity contribution in [3.8, 4) is 0 Å². The van der Waals surface area contributed by atoms with Crippen molar-refractivity contribution < 1.29 is 64.2 Å². The first kappa shape index (κ1) is 37.0. The maximum absolute atomic E-state index is 12.6. The molecular weight excluding hydrogens is 558 g/mol. The van der Waals surface area contributed by atoms with E-state index in [1.807, 2.05) is 21.3 Å². The number of amides is 7. The van der Waals surface area contributed by atoms with Crippen molar-refractivity contribution in [1.29, 1.82) is 0 Å². The Bertz CT molecular complexity index is 935. The molecule has 0 aromatic carbocycles. The van der Waals surface area contributed by atoms with Gasteiger partial charge in [-0.05, 0) is 0 Å². The minimum Gasteiger partial charge on any atom is -0.394 e. The van der Waals surface area contributed by atoms with Crippen LogP contribution in [0.2, 0.25) is 0 Å². The topological polar surface area (TPSA) is 325 Å². The van der Waals surface area contributed by atoms with Crippen LogP contribution >= 0.6 is 0 Å². The molecule has 0 bridgehead atoms. The van der Waals surface area contributed by atoms with Crippen LogP contribution in [-0.4, -0.2) is 155 Å². The van der Waals surface area contributed by atoms with Gasteiger partial charge in [-0.15, -0.1) is 0 Å². The van der Waals surface area contributed by atoms with Gasteiger partial charge >= 0.3 is 0 Å². The molecule has 0 saturated heterocycles. The minimum absolute atomic E-state index is 0.673. The van der Waals surface area contributed by atoms with Gasteiger partial charge in [0.1, 0.15) is 36.3 Å². The Morgan fingerprint density at radius 3 is 0.780 bits per heavy atom. The standard InChI is InChI=1S/C21H37N7O13/c1-9(35)23-11(4-30)17(37)25-13(6-32)19(39)27-15(8-34)21(41)28-14(7-33)20(40)26-12(5-31)18(38)24-10(3-29)16(36)22-2/h10-15,29-34H,3-8H2,1-2H3,(H,22,36)(H,23,35)(H,24,38)(H,25,37)(H,26,40)(H,27,39)(H,28,41)/t10-,11-,12-,13-,14-,15-/m0/s1. The van der Waals surface area contributed by atoms with E-state index >= 15 is 0 Å². The van der Waals surface area contributed by atoms with Crippen LogP contribution in [0, 0.1) is 0 Å². The van der Waals surface area contributed by atoms with E-state index in [1.54, 1.807) is 0 Å². The largest absolute Gasteiger partial charge is 0.394 e. The Morgan fingerprint density at radius 1 is 0.415 bits per heavy atom. The fraction of sp³-hybridized carbons (Fsp3) is 0.667. The number of hydrogen-bond acceptors (Lipinski definition) is 13. The summed E-state index contributed by atoms with van der Waals surface area (Å²) in [5.74, 6) is -7.21. The zero-order valence-corrected chi connectivity index (χ0v) is 22.2. The van der Waals surface area contributed by atoms with E-state index < -0.39 is 117 Å². The van der Waals surface area contributed by atoms with E-state index in [9.17, 15) is 64.2 Å². The molecule has 0 fully saturated rings. The number of aliphatic hydroxyl groups excluding tert-OH is 6. The van der Waals surface area contributed by atoms with Gasteiger partial charge < -0.3 is 67.9 Å². The van der Waals surface area contributed by atoms with Crippen LogP contribution in [0.25, 0.3) is 0 Å². The average Bonchev–Trinajstić information content (AvgIpc) is 2.95. The Kier molecular flexibility index (Phi) is 17.3.